The molecule has 4 nitrogen and oxygen atoms in total. The molecule has 0 aliphatic rings. The Kier molecular flexibility index (Phi) is 5.48. The zero-order valence-corrected chi connectivity index (χ0v) is 11.4. The molecule has 0 unspecified atom stereocenters. The van der Waals surface area contributed by atoms with Gasteiger partial charge in [0, 0.05) is 12.8 Å². The minimum absolute atomic E-state index is 0.117. The summed E-state index contributed by atoms with van der Waals surface area (Å²) in [6.45, 7) is 5.21. The Morgan fingerprint density at radius 2 is 1.79 bits per heavy atom. The molecule has 19 heavy (non-hydrogen) atoms. The molecule has 0 atom stereocenters. The highest BCUT2D eigenvalue weighted by Crippen LogP contribution is 2.24. The lowest BCUT2D eigenvalue weighted by molar-refractivity contribution is -0.120. The van der Waals surface area contributed by atoms with Crippen molar-refractivity contribution in [3.05, 3.63) is 24.0 Å². The summed E-state index contributed by atoms with van der Waals surface area (Å²) < 4.78 is 13.2. The molecule has 0 saturated carbocycles. The molecule has 0 aliphatic heterocycles. The monoisotopic (exact) mass is 266 g/mol. The summed E-state index contributed by atoms with van der Waals surface area (Å²) in [5.41, 5.74) is 0.681. The lowest BCUT2D eigenvalue weighted by Gasteiger charge is -2.15. The van der Waals surface area contributed by atoms with Crippen LogP contribution in [0.1, 0.15) is 33.6 Å². The molecule has 0 fully saturated rings. The third kappa shape index (κ3) is 4.35. The molecule has 2 amide bonds. The van der Waals surface area contributed by atoms with E-state index in [1.807, 2.05) is 13.8 Å². The number of carbonyl (C=O) groups excluding carboxylic acids is 2. The second-order valence-corrected chi connectivity index (χ2v) is 4.37. The van der Waals surface area contributed by atoms with E-state index in [0.717, 1.165) is 0 Å². The Morgan fingerprint density at radius 3 is 2.32 bits per heavy atom. The number of hydrogen-bond acceptors (Lipinski definition) is 2. The molecule has 2 N–H and O–H groups in total. The van der Waals surface area contributed by atoms with Crippen molar-refractivity contribution in [2.24, 2.45) is 5.92 Å². The predicted molar refractivity (Wildman–Crippen MR) is 73.4 cm³/mol. The molecule has 104 valence electrons. The molecule has 0 aliphatic carbocycles. The second-order valence-electron chi connectivity index (χ2n) is 4.37. The number of hydrogen-bond donors (Lipinski definition) is 2. The molecule has 0 saturated heterocycles. The molecule has 1 aromatic rings. The van der Waals surface area contributed by atoms with Gasteiger partial charge < -0.3 is 10.6 Å². The zero-order chi connectivity index (χ0) is 14.4. The molecule has 1 rings (SSSR count). The minimum Gasteiger partial charge on any atom is -0.325 e. The number of amides is 2. The average Bonchev–Trinajstić information content (AvgIpc) is 2.33. The topological polar surface area (TPSA) is 58.2 Å². The number of benzene rings is 1. The lowest BCUT2D eigenvalue weighted by Crippen LogP contribution is -2.22. The predicted octanol–water partition coefficient (Wildman–Crippen LogP) is 3.16. The maximum atomic E-state index is 13.2. The van der Waals surface area contributed by atoms with Crippen LogP contribution < -0.4 is 10.6 Å². The smallest absolute Gasteiger partial charge is 0.227 e. The maximum absolute atomic E-state index is 13.2. The third-order valence-electron chi connectivity index (χ3n) is 2.91. The number of halogens is 1. The van der Waals surface area contributed by atoms with E-state index in [1.165, 1.54) is 25.1 Å². The summed E-state index contributed by atoms with van der Waals surface area (Å²) in [6, 6.07) is 3.86. The van der Waals surface area contributed by atoms with Gasteiger partial charge in [-0.25, -0.2) is 4.39 Å². The Morgan fingerprint density at radius 1 is 1.16 bits per heavy atom. The fraction of sp³-hybridized carbons (Fsp3) is 0.429. The minimum atomic E-state index is -0.464. The van der Waals surface area contributed by atoms with Crippen LogP contribution in [-0.4, -0.2) is 11.8 Å². The van der Waals surface area contributed by atoms with E-state index in [9.17, 15) is 14.0 Å². The van der Waals surface area contributed by atoms with Crippen molar-refractivity contribution in [3.63, 3.8) is 0 Å². The summed E-state index contributed by atoms with van der Waals surface area (Å²) in [7, 11) is 0. The normalized spacial score (nSPS) is 10.4. The summed E-state index contributed by atoms with van der Waals surface area (Å²) >= 11 is 0. The van der Waals surface area contributed by atoms with E-state index in [4.69, 9.17) is 0 Å². The van der Waals surface area contributed by atoms with Crippen molar-refractivity contribution >= 4 is 23.2 Å². The summed E-state index contributed by atoms with van der Waals surface area (Å²) in [5, 5.41) is 5.23. The van der Waals surface area contributed by atoms with E-state index < -0.39 is 5.82 Å². The molecular formula is C14H19FN2O2. The third-order valence-corrected chi connectivity index (χ3v) is 2.91. The largest absolute Gasteiger partial charge is 0.325 e. The number of anilines is 2. The highest BCUT2D eigenvalue weighted by molar-refractivity contribution is 5.99. The fourth-order valence-corrected chi connectivity index (χ4v) is 1.81. The van der Waals surface area contributed by atoms with Crippen LogP contribution in [0.4, 0.5) is 15.8 Å². The first kappa shape index (κ1) is 15.1. The molecule has 0 heterocycles. The van der Waals surface area contributed by atoms with Gasteiger partial charge in [-0.05, 0) is 31.0 Å². The first-order valence-corrected chi connectivity index (χ1v) is 6.35. The van der Waals surface area contributed by atoms with E-state index in [2.05, 4.69) is 10.6 Å². The Hall–Kier alpha value is -1.91. The first-order chi connectivity index (χ1) is 8.97. The molecule has 0 bridgehead atoms. The number of carbonyl (C=O) groups is 2. The zero-order valence-electron chi connectivity index (χ0n) is 11.4. The summed E-state index contributed by atoms with van der Waals surface area (Å²) in [5.74, 6) is -1.02. The summed E-state index contributed by atoms with van der Waals surface area (Å²) in [6.07, 6.45) is 1.43. The van der Waals surface area contributed by atoms with Gasteiger partial charge in [0.25, 0.3) is 0 Å². The van der Waals surface area contributed by atoms with Gasteiger partial charge in [-0.1, -0.05) is 13.8 Å². The van der Waals surface area contributed by atoms with Crippen LogP contribution >= 0.6 is 0 Å². The standard InChI is InChI=1S/C14H19FN2O2/c1-4-10(5-2)14(19)17-13-8-11(15)6-7-12(13)16-9(3)18/h6-8,10H,4-5H2,1-3H3,(H,16,18)(H,17,19). The Balaban J connectivity index is 2.95. The van der Waals surface area contributed by atoms with E-state index in [-0.39, 0.29) is 23.4 Å². The number of nitrogens with one attached hydrogen (secondary N) is 2. The number of rotatable bonds is 5. The van der Waals surface area contributed by atoms with Gasteiger partial charge in [-0.15, -0.1) is 0 Å². The maximum Gasteiger partial charge on any atom is 0.227 e. The van der Waals surface area contributed by atoms with Crippen molar-refractivity contribution < 1.29 is 14.0 Å². The molecule has 1 aromatic carbocycles. The van der Waals surface area contributed by atoms with E-state index in [1.54, 1.807) is 0 Å². The van der Waals surface area contributed by atoms with Crippen molar-refractivity contribution in [2.75, 3.05) is 10.6 Å². The van der Waals surface area contributed by atoms with Crippen LogP contribution in [0.3, 0.4) is 0 Å². The highest BCUT2D eigenvalue weighted by atomic mass is 19.1. The highest BCUT2D eigenvalue weighted by Gasteiger charge is 2.16. The second kappa shape index (κ2) is 6.87. The molecule has 0 spiro atoms. The van der Waals surface area contributed by atoms with Crippen LogP contribution in [0.5, 0.6) is 0 Å². The SMILES string of the molecule is CCC(CC)C(=O)Nc1cc(F)ccc1NC(C)=O. The van der Waals surface area contributed by atoms with Crippen LogP contribution in [0, 0.1) is 11.7 Å². The van der Waals surface area contributed by atoms with Crippen molar-refractivity contribution in [2.45, 2.75) is 33.6 Å². The van der Waals surface area contributed by atoms with Gasteiger partial charge >= 0.3 is 0 Å². The first-order valence-electron chi connectivity index (χ1n) is 6.35. The Bertz CT molecular complexity index is 471. The van der Waals surface area contributed by atoms with Gasteiger partial charge in [-0.2, -0.15) is 0 Å². The molecule has 5 heteroatoms. The van der Waals surface area contributed by atoms with E-state index >= 15 is 0 Å². The van der Waals surface area contributed by atoms with Crippen LogP contribution in [0.25, 0.3) is 0 Å². The van der Waals surface area contributed by atoms with Crippen molar-refractivity contribution in [1.29, 1.82) is 0 Å². The van der Waals surface area contributed by atoms with Crippen molar-refractivity contribution in [3.8, 4) is 0 Å². The fourth-order valence-electron chi connectivity index (χ4n) is 1.81. The van der Waals surface area contributed by atoms with Gasteiger partial charge in [0.15, 0.2) is 0 Å². The van der Waals surface area contributed by atoms with Gasteiger partial charge in [-0.3, -0.25) is 9.59 Å². The van der Waals surface area contributed by atoms with E-state index in [0.29, 0.717) is 18.5 Å². The lowest BCUT2D eigenvalue weighted by atomic mass is 10.0. The molecular weight excluding hydrogens is 247 g/mol. The average molecular weight is 266 g/mol. The van der Waals surface area contributed by atoms with Crippen LogP contribution in [0.2, 0.25) is 0 Å². The quantitative estimate of drug-likeness (QED) is 0.860. The van der Waals surface area contributed by atoms with Crippen LogP contribution in [-0.2, 0) is 9.59 Å². The van der Waals surface area contributed by atoms with Gasteiger partial charge in [0.1, 0.15) is 5.82 Å². The van der Waals surface area contributed by atoms with Crippen LogP contribution in [0.15, 0.2) is 18.2 Å². The summed E-state index contributed by atoms with van der Waals surface area (Å²) in [4.78, 5) is 23.0. The van der Waals surface area contributed by atoms with Crippen molar-refractivity contribution in [1.82, 2.24) is 0 Å². The Labute approximate surface area is 112 Å². The molecule has 0 aromatic heterocycles. The van der Waals surface area contributed by atoms with Gasteiger partial charge in [0.2, 0.25) is 11.8 Å². The van der Waals surface area contributed by atoms with Gasteiger partial charge in [0.05, 0.1) is 11.4 Å². The molecule has 0 radical (unpaired) electrons.